The summed E-state index contributed by atoms with van der Waals surface area (Å²) in [5.74, 6) is -0.103. The van der Waals surface area contributed by atoms with Crippen LogP contribution in [0.2, 0.25) is 0 Å². The molecule has 0 amide bonds. The molecule has 7 heteroatoms. The fourth-order valence-electron chi connectivity index (χ4n) is 2.19. The molecule has 1 saturated heterocycles. The second-order valence-corrected chi connectivity index (χ2v) is 6.39. The summed E-state index contributed by atoms with van der Waals surface area (Å²) in [6.45, 7) is 7.95. The molecule has 1 aromatic carbocycles. The van der Waals surface area contributed by atoms with Gasteiger partial charge in [-0.15, -0.1) is 0 Å². The number of ether oxygens (including phenoxy) is 3. The van der Waals surface area contributed by atoms with Crippen LogP contribution < -0.4 is 10.2 Å². The molecule has 1 aliphatic rings. The Kier molecular flexibility index (Phi) is 5.03. The molecule has 0 unspecified atom stereocenters. The lowest BCUT2D eigenvalue weighted by molar-refractivity contribution is 0.00578. The van der Waals surface area contributed by atoms with E-state index in [2.05, 4.69) is 0 Å². The first-order valence-corrected chi connectivity index (χ1v) is 7.41. The highest BCUT2D eigenvalue weighted by Gasteiger charge is 2.51. The van der Waals surface area contributed by atoms with Crippen molar-refractivity contribution in [3.63, 3.8) is 0 Å². The van der Waals surface area contributed by atoms with Crippen LogP contribution in [0.25, 0.3) is 0 Å². The van der Waals surface area contributed by atoms with E-state index in [9.17, 15) is 4.79 Å². The topological polar surface area (TPSA) is 63.2 Å². The zero-order chi connectivity index (χ0) is 17.3. The standard InChI is InChI=1S/C16H23BO6/c1-15(2)16(3,4)23-17(22-15)11-7-8-13(21-10-19-5)12(9-11)14(18)20-6/h7-9H,10H2,1-6H3. The highest BCUT2D eigenvalue weighted by atomic mass is 16.7. The minimum atomic E-state index is -0.556. The van der Waals surface area contributed by atoms with Gasteiger partial charge in [-0.2, -0.15) is 0 Å². The predicted molar refractivity (Wildman–Crippen MR) is 86.0 cm³/mol. The van der Waals surface area contributed by atoms with Gasteiger partial charge in [0.1, 0.15) is 11.3 Å². The first-order valence-electron chi connectivity index (χ1n) is 7.41. The Hall–Kier alpha value is -1.57. The van der Waals surface area contributed by atoms with Crippen molar-refractivity contribution in [2.45, 2.75) is 38.9 Å². The highest BCUT2D eigenvalue weighted by Crippen LogP contribution is 2.36. The van der Waals surface area contributed by atoms with Crippen molar-refractivity contribution in [3.8, 4) is 5.75 Å². The number of benzene rings is 1. The highest BCUT2D eigenvalue weighted by molar-refractivity contribution is 6.62. The summed E-state index contributed by atoms with van der Waals surface area (Å²) in [7, 11) is 2.28. The average molecular weight is 322 g/mol. The number of rotatable bonds is 5. The van der Waals surface area contributed by atoms with E-state index in [-0.39, 0.29) is 6.79 Å². The van der Waals surface area contributed by atoms with Crippen LogP contribution in [0.5, 0.6) is 5.75 Å². The maximum atomic E-state index is 12.0. The van der Waals surface area contributed by atoms with E-state index in [0.29, 0.717) is 11.3 Å². The molecule has 0 aliphatic carbocycles. The third kappa shape index (κ3) is 3.52. The minimum absolute atomic E-state index is 0.0415. The molecule has 0 aromatic heterocycles. The van der Waals surface area contributed by atoms with Gasteiger partial charge in [-0.3, -0.25) is 0 Å². The van der Waals surface area contributed by atoms with E-state index in [0.717, 1.165) is 5.46 Å². The maximum Gasteiger partial charge on any atom is 0.494 e. The van der Waals surface area contributed by atoms with Crippen molar-refractivity contribution < 1.29 is 28.3 Å². The van der Waals surface area contributed by atoms with Gasteiger partial charge >= 0.3 is 13.1 Å². The van der Waals surface area contributed by atoms with Crippen LogP contribution in [-0.2, 0) is 18.8 Å². The molecule has 0 saturated carbocycles. The first-order chi connectivity index (χ1) is 10.7. The molecule has 1 aromatic rings. The zero-order valence-corrected chi connectivity index (χ0v) is 14.5. The molecule has 0 spiro atoms. The summed E-state index contributed by atoms with van der Waals surface area (Å²) in [6, 6.07) is 5.16. The summed E-state index contributed by atoms with van der Waals surface area (Å²) in [5.41, 5.74) is 0.133. The predicted octanol–water partition coefficient (Wildman–Crippen LogP) is 1.76. The van der Waals surface area contributed by atoms with E-state index >= 15 is 0 Å². The van der Waals surface area contributed by atoms with Crippen LogP contribution in [0.15, 0.2) is 18.2 Å². The Morgan fingerprint density at radius 2 is 1.74 bits per heavy atom. The Morgan fingerprint density at radius 3 is 2.26 bits per heavy atom. The fourth-order valence-corrected chi connectivity index (χ4v) is 2.19. The molecule has 0 bridgehead atoms. The van der Waals surface area contributed by atoms with Crippen LogP contribution in [-0.4, -0.2) is 45.3 Å². The van der Waals surface area contributed by atoms with Gasteiger partial charge in [-0.25, -0.2) is 4.79 Å². The van der Waals surface area contributed by atoms with Gasteiger partial charge in [-0.1, -0.05) is 6.07 Å². The van der Waals surface area contributed by atoms with Gasteiger partial charge in [0.25, 0.3) is 0 Å². The number of carbonyl (C=O) groups excluding carboxylic acids is 1. The molecule has 1 aliphatic heterocycles. The summed E-state index contributed by atoms with van der Waals surface area (Å²) < 4.78 is 27.1. The Labute approximate surface area is 137 Å². The molecule has 1 fully saturated rings. The van der Waals surface area contributed by atoms with Gasteiger partial charge in [0.05, 0.1) is 18.3 Å². The summed E-state index contributed by atoms with van der Waals surface area (Å²) in [5, 5.41) is 0. The third-order valence-corrected chi connectivity index (χ3v) is 4.27. The zero-order valence-electron chi connectivity index (χ0n) is 14.5. The monoisotopic (exact) mass is 322 g/mol. The fraction of sp³-hybridized carbons (Fsp3) is 0.562. The van der Waals surface area contributed by atoms with Crippen molar-refractivity contribution in [3.05, 3.63) is 23.8 Å². The Bertz CT molecular complexity index is 568. The average Bonchev–Trinajstić information content (AvgIpc) is 2.72. The molecular formula is C16H23BO6. The number of esters is 1. The number of carbonyl (C=O) groups is 1. The third-order valence-electron chi connectivity index (χ3n) is 4.27. The van der Waals surface area contributed by atoms with E-state index in [1.807, 2.05) is 27.7 Å². The van der Waals surface area contributed by atoms with Crippen molar-refractivity contribution in [1.29, 1.82) is 0 Å². The molecule has 2 rings (SSSR count). The minimum Gasteiger partial charge on any atom is -0.467 e. The molecular weight excluding hydrogens is 299 g/mol. The van der Waals surface area contributed by atoms with E-state index < -0.39 is 24.3 Å². The van der Waals surface area contributed by atoms with Gasteiger partial charge in [-0.05, 0) is 45.3 Å². The molecule has 23 heavy (non-hydrogen) atoms. The molecule has 0 N–H and O–H groups in total. The SMILES string of the molecule is COCOc1ccc(B2OC(C)(C)C(C)(C)O2)cc1C(=O)OC. The van der Waals surface area contributed by atoms with Gasteiger partial charge in [0.15, 0.2) is 6.79 Å². The molecule has 0 radical (unpaired) electrons. The number of methoxy groups -OCH3 is 2. The van der Waals surface area contributed by atoms with Crippen LogP contribution in [0, 0.1) is 0 Å². The van der Waals surface area contributed by atoms with Crippen LogP contribution in [0.4, 0.5) is 0 Å². The van der Waals surface area contributed by atoms with Crippen molar-refractivity contribution in [2.24, 2.45) is 0 Å². The van der Waals surface area contributed by atoms with Gasteiger partial charge in [0.2, 0.25) is 0 Å². The normalized spacial score (nSPS) is 18.8. The van der Waals surface area contributed by atoms with E-state index in [1.165, 1.54) is 14.2 Å². The van der Waals surface area contributed by atoms with E-state index in [1.54, 1.807) is 18.2 Å². The van der Waals surface area contributed by atoms with Crippen molar-refractivity contribution >= 4 is 18.6 Å². The molecule has 6 nitrogen and oxygen atoms in total. The van der Waals surface area contributed by atoms with Crippen molar-refractivity contribution in [1.82, 2.24) is 0 Å². The second kappa shape index (κ2) is 6.51. The van der Waals surface area contributed by atoms with E-state index in [4.69, 9.17) is 23.5 Å². The van der Waals surface area contributed by atoms with Gasteiger partial charge < -0.3 is 23.5 Å². The quantitative estimate of drug-likeness (QED) is 0.468. The summed E-state index contributed by atoms with van der Waals surface area (Å²) in [6.07, 6.45) is 0. The van der Waals surface area contributed by atoms with Crippen LogP contribution >= 0.6 is 0 Å². The molecule has 0 atom stereocenters. The Balaban J connectivity index is 2.33. The Morgan fingerprint density at radius 1 is 1.13 bits per heavy atom. The lowest BCUT2D eigenvalue weighted by Gasteiger charge is -2.32. The molecule has 126 valence electrons. The van der Waals surface area contributed by atoms with Gasteiger partial charge in [0, 0.05) is 7.11 Å². The lowest BCUT2D eigenvalue weighted by atomic mass is 9.78. The summed E-state index contributed by atoms with van der Waals surface area (Å²) in [4.78, 5) is 12.0. The summed E-state index contributed by atoms with van der Waals surface area (Å²) >= 11 is 0. The largest absolute Gasteiger partial charge is 0.494 e. The maximum absolute atomic E-state index is 12.0. The lowest BCUT2D eigenvalue weighted by Crippen LogP contribution is -2.41. The smallest absolute Gasteiger partial charge is 0.467 e. The number of hydrogen-bond donors (Lipinski definition) is 0. The molecule has 1 heterocycles. The second-order valence-electron chi connectivity index (χ2n) is 6.39. The van der Waals surface area contributed by atoms with Crippen LogP contribution in [0.1, 0.15) is 38.1 Å². The van der Waals surface area contributed by atoms with Crippen LogP contribution in [0.3, 0.4) is 0 Å². The first kappa shape index (κ1) is 17.8. The number of hydrogen-bond acceptors (Lipinski definition) is 6. The van der Waals surface area contributed by atoms with Crippen molar-refractivity contribution in [2.75, 3.05) is 21.0 Å².